The predicted octanol–water partition coefficient (Wildman–Crippen LogP) is 4.42. The first kappa shape index (κ1) is 20.8. The zero-order valence-corrected chi connectivity index (χ0v) is 16.5. The molecule has 29 heavy (non-hydrogen) atoms. The number of hydrogen-bond donors (Lipinski definition) is 1. The molecule has 0 fully saturated rings. The molecule has 0 spiro atoms. The Bertz CT molecular complexity index is 1020. The molecular weight excluding hydrogens is 403 g/mol. The zero-order chi connectivity index (χ0) is 21.0. The second kappa shape index (κ2) is 9.06. The number of amides is 1. The maximum Gasteiger partial charge on any atom is 0.260 e. The van der Waals surface area contributed by atoms with E-state index in [9.17, 15) is 18.0 Å². The van der Waals surface area contributed by atoms with E-state index in [-0.39, 0.29) is 5.13 Å². The minimum absolute atomic E-state index is 0.192. The summed E-state index contributed by atoms with van der Waals surface area (Å²) in [6.45, 7) is 1.24. The molecule has 0 unspecified atom stereocenters. The molecule has 1 aromatic heterocycles. The molecule has 1 N–H and O–H groups in total. The Balaban J connectivity index is 1.76. The predicted molar refractivity (Wildman–Crippen MR) is 106 cm³/mol. The average molecular weight is 421 g/mol. The summed E-state index contributed by atoms with van der Waals surface area (Å²) >= 11 is 1.12. The number of benzene rings is 2. The fourth-order valence-electron chi connectivity index (χ4n) is 2.46. The number of nitrogens with zero attached hydrogens (tertiary/aromatic N) is 2. The number of anilines is 1. The number of halogens is 3. The molecule has 0 aliphatic carbocycles. The number of carbonyl (C=O) groups excluding carboxylic acids is 1. The van der Waals surface area contributed by atoms with E-state index in [1.807, 2.05) is 43.3 Å². The lowest BCUT2D eigenvalue weighted by molar-refractivity contribution is 0.102. The van der Waals surface area contributed by atoms with Crippen LogP contribution in [0.3, 0.4) is 0 Å². The van der Waals surface area contributed by atoms with E-state index in [1.54, 1.807) is 5.38 Å². The maximum absolute atomic E-state index is 13.8. The average Bonchev–Trinajstić information content (AvgIpc) is 3.14. The van der Waals surface area contributed by atoms with Crippen LogP contribution in [0.1, 0.15) is 10.4 Å². The molecule has 0 aliphatic rings. The van der Waals surface area contributed by atoms with Crippen LogP contribution in [0.25, 0.3) is 11.3 Å². The van der Waals surface area contributed by atoms with Crippen molar-refractivity contribution in [3.8, 4) is 17.0 Å². The first-order valence-corrected chi connectivity index (χ1v) is 9.52. The molecule has 5 nitrogen and oxygen atoms in total. The molecule has 3 aromatic rings. The van der Waals surface area contributed by atoms with Gasteiger partial charge in [-0.2, -0.15) is 0 Å². The smallest absolute Gasteiger partial charge is 0.260 e. The van der Waals surface area contributed by atoms with Gasteiger partial charge < -0.3 is 9.64 Å². The summed E-state index contributed by atoms with van der Waals surface area (Å²) in [7, 11) is 3.89. The van der Waals surface area contributed by atoms with Gasteiger partial charge in [0.15, 0.2) is 22.6 Å². The summed E-state index contributed by atoms with van der Waals surface area (Å²) in [6.07, 6.45) is 0. The van der Waals surface area contributed by atoms with Crippen LogP contribution in [0.5, 0.6) is 5.75 Å². The summed E-state index contributed by atoms with van der Waals surface area (Å²) in [5.41, 5.74) is 0.701. The molecule has 152 valence electrons. The van der Waals surface area contributed by atoms with Crippen molar-refractivity contribution in [2.24, 2.45) is 0 Å². The van der Waals surface area contributed by atoms with Crippen LogP contribution in [0, 0.1) is 17.5 Å². The fourth-order valence-corrected chi connectivity index (χ4v) is 3.17. The fraction of sp³-hybridized carbons (Fsp3) is 0.200. The second-order valence-corrected chi connectivity index (χ2v) is 7.22. The number of para-hydroxylation sites is 1. The molecule has 0 saturated heterocycles. The standard InChI is InChI=1S/C20H18F3N3O2S/c1-26(2)9-10-28-16-6-4-3-5-12(16)15-11-29-20(24-15)25-19(27)13-7-8-14(21)18(23)17(13)22/h3-8,11H,9-10H2,1-2H3,(H,24,25,27). The monoisotopic (exact) mass is 421 g/mol. The van der Waals surface area contributed by atoms with Gasteiger partial charge >= 0.3 is 0 Å². The second-order valence-electron chi connectivity index (χ2n) is 6.36. The molecule has 1 heterocycles. The molecule has 2 aromatic carbocycles. The van der Waals surface area contributed by atoms with E-state index in [0.29, 0.717) is 24.1 Å². The number of ether oxygens (including phenoxy) is 1. The Morgan fingerprint density at radius 2 is 1.90 bits per heavy atom. The van der Waals surface area contributed by atoms with Crippen molar-refractivity contribution in [3.05, 3.63) is 64.8 Å². The van der Waals surface area contributed by atoms with Gasteiger partial charge in [0.25, 0.3) is 5.91 Å². The summed E-state index contributed by atoms with van der Waals surface area (Å²) in [4.78, 5) is 18.5. The van der Waals surface area contributed by atoms with Gasteiger partial charge in [-0.3, -0.25) is 10.1 Å². The number of nitrogens with one attached hydrogen (secondary N) is 1. The van der Waals surface area contributed by atoms with Crippen LogP contribution in [-0.2, 0) is 0 Å². The minimum atomic E-state index is -1.69. The molecule has 0 bridgehead atoms. The van der Waals surface area contributed by atoms with Crippen molar-refractivity contribution < 1.29 is 22.7 Å². The van der Waals surface area contributed by atoms with E-state index >= 15 is 0 Å². The molecular formula is C20H18F3N3O2S. The van der Waals surface area contributed by atoms with E-state index < -0.39 is 28.9 Å². The highest BCUT2D eigenvalue weighted by atomic mass is 32.1. The lowest BCUT2D eigenvalue weighted by atomic mass is 10.1. The lowest BCUT2D eigenvalue weighted by Crippen LogP contribution is -2.19. The lowest BCUT2D eigenvalue weighted by Gasteiger charge is -2.13. The van der Waals surface area contributed by atoms with Crippen LogP contribution in [0.2, 0.25) is 0 Å². The number of thiazole rings is 1. The molecule has 1 amide bonds. The van der Waals surface area contributed by atoms with Gasteiger partial charge in [0.1, 0.15) is 12.4 Å². The number of hydrogen-bond acceptors (Lipinski definition) is 5. The quantitative estimate of drug-likeness (QED) is 0.574. The highest BCUT2D eigenvalue weighted by Gasteiger charge is 2.20. The number of aromatic nitrogens is 1. The molecule has 3 rings (SSSR count). The summed E-state index contributed by atoms with van der Waals surface area (Å²) in [6, 6.07) is 8.91. The third-order valence-electron chi connectivity index (χ3n) is 3.96. The van der Waals surface area contributed by atoms with E-state index in [0.717, 1.165) is 29.5 Å². The topological polar surface area (TPSA) is 54.5 Å². The highest BCUT2D eigenvalue weighted by molar-refractivity contribution is 7.14. The highest BCUT2D eigenvalue weighted by Crippen LogP contribution is 2.32. The van der Waals surface area contributed by atoms with Gasteiger partial charge in [0.05, 0.1) is 11.3 Å². The van der Waals surface area contributed by atoms with Gasteiger partial charge in [-0.25, -0.2) is 18.2 Å². The van der Waals surface area contributed by atoms with Crippen LogP contribution < -0.4 is 10.1 Å². The largest absolute Gasteiger partial charge is 0.492 e. The molecule has 9 heteroatoms. The van der Waals surface area contributed by atoms with Crippen molar-refractivity contribution >= 4 is 22.4 Å². The zero-order valence-electron chi connectivity index (χ0n) is 15.7. The first-order valence-electron chi connectivity index (χ1n) is 8.64. The first-order chi connectivity index (χ1) is 13.9. The Morgan fingerprint density at radius 1 is 1.14 bits per heavy atom. The molecule has 0 radical (unpaired) electrons. The third kappa shape index (κ3) is 4.93. The molecule has 0 saturated carbocycles. The Kier molecular flexibility index (Phi) is 6.50. The van der Waals surface area contributed by atoms with Crippen LogP contribution in [0.4, 0.5) is 18.3 Å². The van der Waals surface area contributed by atoms with Gasteiger partial charge in [0.2, 0.25) is 0 Å². The summed E-state index contributed by atoms with van der Waals surface area (Å²) in [5, 5.41) is 4.31. The van der Waals surface area contributed by atoms with Gasteiger partial charge in [0, 0.05) is 17.5 Å². The normalized spacial score (nSPS) is 11.0. The number of likely N-dealkylation sites (N-methyl/N-ethyl adjacent to an activating group) is 1. The van der Waals surface area contributed by atoms with Crippen molar-refractivity contribution in [1.82, 2.24) is 9.88 Å². The van der Waals surface area contributed by atoms with Crippen LogP contribution in [-0.4, -0.2) is 43.0 Å². The van der Waals surface area contributed by atoms with Crippen molar-refractivity contribution in [2.75, 3.05) is 32.6 Å². The number of rotatable bonds is 7. The Labute approximate surface area is 169 Å². The van der Waals surface area contributed by atoms with Gasteiger partial charge in [-0.05, 0) is 38.4 Å². The SMILES string of the molecule is CN(C)CCOc1ccccc1-c1csc(NC(=O)c2ccc(F)c(F)c2F)n1. The summed E-state index contributed by atoms with van der Waals surface area (Å²) in [5.74, 6) is -4.87. The van der Waals surface area contributed by atoms with Crippen molar-refractivity contribution in [1.29, 1.82) is 0 Å². The molecule has 0 atom stereocenters. The minimum Gasteiger partial charge on any atom is -0.492 e. The van der Waals surface area contributed by atoms with Gasteiger partial charge in [-0.1, -0.05) is 12.1 Å². The Morgan fingerprint density at radius 3 is 2.66 bits per heavy atom. The van der Waals surface area contributed by atoms with E-state index in [4.69, 9.17) is 4.74 Å². The van der Waals surface area contributed by atoms with Crippen molar-refractivity contribution in [2.45, 2.75) is 0 Å². The van der Waals surface area contributed by atoms with Crippen LogP contribution >= 0.6 is 11.3 Å². The van der Waals surface area contributed by atoms with Crippen LogP contribution in [0.15, 0.2) is 41.8 Å². The Hall–Kier alpha value is -2.91. The van der Waals surface area contributed by atoms with E-state index in [1.165, 1.54) is 0 Å². The van der Waals surface area contributed by atoms with E-state index in [2.05, 4.69) is 10.3 Å². The van der Waals surface area contributed by atoms with Gasteiger partial charge in [-0.15, -0.1) is 11.3 Å². The third-order valence-corrected chi connectivity index (χ3v) is 4.72. The number of carbonyl (C=O) groups is 1. The summed E-state index contributed by atoms with van der Waals surface area (Å²) < 4.78 is 46.0. The molecule has 0 aliphatic heterocycles. The maximum atomic E-state index is 13.8. The van der Waals surface area contributed by atoms with Crippen molar-refractivity contribution in [3.63, 3.8) is 0 Å².